The number of hydrogen-bond acceptors (Lipinski definition) is 4. The summed E-state index contributed by atoms with van der Waals surface area (Å²) in [7, 11) is 7.19. The van der Waals surface area contributed by atoms with E-state index in [2.05, 4.69) is 6.07 Å². The predicted octanol–water partition coefficient (Wildman–Crippen LogP) is 2.86. The van der Waals surface area contributed by atoms with E-state index >= 15 is 0 Å². The third-order valence-corrected chi connectivity index (χ3v) is 3.22. The van der Waals surface area contributed by atoms with Crippen LogP contribution >= 0.6 is 0 Å². The Bertz CT molecular complexity index is 476. The van der Waals surface area contributed by atoms with Crippen LogP contribution in [-0.4, -0.2) is 33.2 Å². The van der Waals surface area contributed by atoms with Crippen molar-refractivity contribution in [1.29, 1.82) is 5.26 Å². The van der Waals surface area contributed by atoms with Gasteiger partial charge in [0.25, 0.3) is 0 Å². The minimum Gasteiger partial charge on any atom is -0.497 e. The Morgan fingerprint density at radius 2 is 1.84 bits per heavy atom. The normalized spacial score (nSPS) is 12.9. The summed E-state index contributed by atoms with van der Waals surface area (Å²) >= 11 is 0. The fourth-order valence-corrected chi connectivity index (χ4v) is 2.43. The second-order valence-corrected chi connectivity index (χ2v) is 5.31. The first-order valence-corrected chi connectivity index (χ1v) is 6.17. The van der Waals surface area contributed by atoms with Gasteiger partial charge in [0.1, 0.15) is 11.5 Å². The standard InChI is InChI=1S/C15H22N2O2/c1-15(2,10-16)14(17(3)4)12-9-11(18-5)7-8-13(12)19-6/h7-9,14H,1-6H3. The molecule has 0 saturated heterocycles. The number of benzene rings is 1. The average molecular weight is 262 g/mol. The van der Waals surface area contributed by atoms with E-state index in [9.17, 15) is 5.26 Å². The number of ether oxygens (including phenoxy) is 2. The molecule has 0 aromatic heterocycles. The number of nitrogens with zero attached hydrogens (tertiary/aromatic N) is 2. The van der Waals surface area contributed by atoms with Crippen LogP contribution in [0.3, 0.4) is 0 Å². The summed E-state index contributed by atoms with van der Waals surface area (Å²) in [5.41, 5.74) is 0.418. The Morgan fingerprint density at radius 3 is 2.26 bits per heavy atom. The van der Waals surface area contributed by atoms with Crippen LogP contribution in [0.15, 0.2) is 18.2 Å². The summed E-state index contributed by atoms with van der Waals surface area (Å²) in [5.74, 6) is 1.53. The van der Waals surface area contributed by atoms with E-state index in [0.29, 0.717) is 0 Å². The molecule has 1 unspecified atom stereocenters. The second kappa shape index (κ2) is 5.94. The van der Waals surface area contributed by atoms with Crippen LogP contribution in [0.5, 0.6) is 11.5 Å². The van der Waals surface area contributed by atoms with Gasteiger partial charge in [0.15, 0.2) is 0 Å². The molecule has 0 aliphatic carbocycles. The molecule has 0 saturated carbocycles. The largest absolute Gasteiger partial charge is 0.497 e. The van der Waals surface area contributed by atoms with Gasteiger partial charge in [0.2, 0.25) is 0 Å². The van der Waals surface area contributed by atoms with Crippen LogP contribution in [-0.2, 0) is 0 Å². The lowest BCUT2D eigenvalue weighted by Gasteiger charge is -2.35. The molecule has 1 rings (SSSR count). The monoisotopic (exact) mass is 262 g/mol. The van der Waals surface area contributed by atoms with E-state index < -0.39 is 5.41 Å². The molecule has 0 amide bonds. The van der Waals surface area contributed by atoms with Gasteiger partial charge in [-0.1, -0.05) is 0 Å². The molecule has 0 bridgehead atoms. The summed E-state index contributed by atoms with van der Waals surface area (Å²) in [6.45, 7) is 3.85. The smallest absolute Gasteiger partial charge is 0.123 e. The van der Waals surface area contributed by atoms with Crippen molar-refractivity contribution in [2.45, 2.75) is 19.9 Å². The molecule has 0 fully saturated rings. The summed E-state index contributed by atoms with van der Waals surface area (Å²) < 4.78 is 10.7. The van der Waals surface area contributed by atoms with Crippen molar-refractivity contribution in [2.24, 2.45) is 5.41 Å². The second-order valence-electron chi connectivity index (χ2n) is 5.31. The maximum Gasteiger partial charge on any atom is 0.123 e. The van der Waals surface area contributed by atoms with Gasteiger partial charge in [0.05, 0.1) is 31.7 Å². The molecule has 1 atom stereocenters. The SMILES string of the molecule is COc1ccc(OC)c(C(N(C)C)C(C)(C)C#N)c1. The lowest BCUT2D eigenvalue weighted by Crippen LogP contribution is -2.32. The van der Waals surface area contributed by atoms with Crippen LogP contribution in [0.4, 0.5) is 0 Å². The van der Waals surface area contributed by atoms with Gasteiger partial charge < -0.3 is 14.4 Å². The molecule has 0 N–H and O–H groups in total. The molecule has 104 valence electrons. The van der Waals surface area contributed by atoms with Gasteiger partial charge in [0, 0.05) is 5.56 Å². The van der Waals surface area contributed by atoms with Crippen LogP contribution in [0.2, 0.25) is 0 Å². The number of rotatable bonds is 5. The number of nitriles is 1. The zero-order valence-electron chi connectivity index (χ0n) is 12.5. The number of hydrogen-bond donors (Lipinski definition) is 0. The van der Waals surface area contributed by atoms with Gasteiger partial charge in [-0.15, -0.1) is 0 Å². The van der Waals surface area contributed by atoms with E-state index in [1.54, 1.807) is 14.2 Å². The first-order valence-electron chi connectivity index (χ1n) is 6.17. The lowest BCUT2D eigenvalue weighted by molar-refractivity contribution is 0.180. The molecule has 0 radical (unpaired) electrons. The quantitative estimate of drug-likeness (QED) is 0.818. The van der Waals surface area contributed by atoms with Crippen molar-refractivity contribution in [3.63, 3.8) is 0 Å². The molecule has 1 aromatic rings. The van der Waals surface area contributed by atoms with Crippen LogP contribution in [0.25, 0.3) is 0 Å². The first-order chi connectivity index (χ1) is 8.87. The van der Waals surface area contributed by atoms with E-state index in [1.807, 2.05) is 51.0 Å². The molecular weight excluding hydrogens is 240 g/mol. The predicted molar refractivity (Wildman–Crippen MR) is 75.4 cm³/mol. The maximum atomic E-state index is 9.42. The van der Waals surface area contributed by atoms with Crippen LogP contribution in [0.1, 0.15) is 25.5 Å². The molecule has 19 heavy (non-hydrogen) atoms. The van der Waals surface area contributed by atoms with Gasteiger partial charge in [-0.05, 0) is 46.1 Å². The maximum absolute atomic E-state index is 9.42. The highest BCUT2D eigenvalue weighted by Gasteiger charge is 2.34. The van der Waals surface area contributed by atoms with Gasteiger partial charge in [-0.2, -0.15) is 5.26 Å². The summed E-state index contributed by atoms with van der Waals surface area (Å²) in [5, 5.41) is 9.42. The molecule has 0 spiro atoms. The zero-order chi connectivity index (χ0) is 14.6. The highest BCUT2D eigenvalue weighted by molar-refractivity contribution is 5.43. The Hall–Kier alpha value is -1.73. The number of methoxy groups -OCH3 is 2. The zero-order valence-corrected chi connectivity index (χ0v) is 12.5. The van der Waals surface area contributed by atoms with Crippen molar-refractivity contribution in [3.05, 3.63) is 23.8 Å². The van der Waals surface area contributed by atoms with Gasteiger partial charge in [-0.25, -0.2) is 0 Å². The van der Waals surface area contributed by atoms with Crippen molar-refractivity contribution >= 4 is 0 Å². The molecule has 1 aromatic carbocycles. The Kier molecular flexibility index (Phi) is 4.79. The van der Waals surface area contributed by atoms with Crippen molar-refractivity contribution in [1.82, 2.24) is 4.90 Å². The molecule has 4 nitrogen and oxygen atoms in total. The Balaban J connectivity index is 3.41. The average Bonchev–Trinajstić information content (AvgIpc) is 2.38. The van der Waals surface area contributed by atoms with Crippen LogP contribution < -0.4 is 9.47 Å². The fraction of sp³-hybridized carbons (Fsp3) is 0.533. The highest BCUT2D eigenvalue weighted by Crippen LogP contribution is 2.41. The summed E-state index contributed by atoms with van der Waals surface area (Å²) in [4.78, 5) is 2.03. The van der Waals surface area contributed by atoms with E-state index in [1.165, 1.54) is 0 Å². The third kappa shape index (κ3) is 3.18. The van der Waals surface area contributed by atoms with Gasteiger partial charge in [-0.3, -0.25) is 0 Å². The molecule has 0 heterocycles. The van der Waals surface area contributed by atoms with Gasteiger partial charge >= 0.3 is 0 Å². The van der Waals surface area contributed by atoms with Crippen LogP contribution in [0, 0.1) is 16.7 Å². The van der Waals surface area contributed by atoms with E-state index in [4.69, 9.17) is 9.47 Å². The molecule has 0 aliphatic heterocycles. The third-order valence-electron chi connectivity index (χ3n) is 3.22. The Labute approximate surface area is 115 Å². The van der Waals surface area contributed by atoms with Crippen molar-refractivity contribution in [3.8, 4) is 17.6 Å². The van der Waals surface area contributed by atoms with Crippen molar-refractivity contribution < 1.29 is 9.47 Å². The van der Waals surface area contributed by atoms with E-state index in [0.717, 1.165) is 17.1 Å². The topological polar surface area (TPSA) is 45.5 Å². The minimum absolute atomic E-state index is 0.0810. The lowest BCUT2D eigenvalue weighted by atomic mass is 9.80. The van der Waals surface area contributed by atoms with E-state index in [-0.39, 0.29) is 6.04 Å². The molecular formula is C15H22N2O2. The first kappa shape index (κ1) is 15.3. The minimum atomic E-state index is -0.539. The Morgan fingerprint density at radius 1 is 1.21 bits per heavy atom. The summed E-state index contributed by atoms with van der Waals surface area (Å²) in [6, 6.07) is 7.95. The van der Waals surface area contributed by atoms with Crippen molar-refractivity contribution in [2.75, 3.05) is 28.3 Å². The summed E-state index contributed by atoms with van der Waals surface area (Å²) in [6.07, 6.45) is 0. The molecule has 0 aliphatic rings. The highest BCUT2D eigenvalue weighted by atomic mass is 16.5. The molecule has 4 heteroatoms. The fourth-order valence-electron chi connectivity index (χ4n) is 2.43.